The zero-order valence-corrected chi connectivity index (χ0v) is 10.9. The highest BCUT2D eigenvalue weighted by Gasteiger charge is 2.33. The number of rotatable bonds is 4. The Labute approximate surface area is 113 Å². The highest BCUT2D eigenvalue weighted by molar-refractivity contribution is 5.83. The molecule has 0 saturated carbocycles. The summed E-state index contributed by atoms with van der Waals surface area (Å²) in [7, 11) is 0. The minimum absolute atomic E-state index is 0.0793. The molecule has 1 unspecified atom stereocenters. The summed E-state index contributed by atoms with van der Waals surface area (Å²) in [5.74, 6) is -1.89. The van der Waals surface area contributed by atoms with Crippen molar-refractivity contribution in [2.45, 2.75) is 26.1 Å². The van der Waals surface area contributed by atoms with Gasteiger partial charge >= 0.3 is 12.1 Å². The number of benzene rings is 1. The topological polar surface area (TPSA) is 57.6 Å². The molecule has 1 atom stereocenters. The minimum Gasteiger partial charge on any atom is -0.479 e. The molecule has 0 aliphatic heterocycles. The molecule has 0 aliphatic carbocycles. The van der Waals surface area contributed by atoms with E-state index in [4.69, 9.17) is 0 Å². The highest BCUT2D eigenvalue weighted by atomic mass is 19.4. The first-order valence-corrected chi connectivity index (χ1v) is 5.85. The maximum atomic E-state index is 12.6. The Morgan fingerprint density at radius 3 is 2.35 bits per heavy atom. The first-order chi connectivity index (χ1) is 9.18. The first kappa shape index (κ1) is 16.0. The maximum Gasteiger partial charge on any atom is 0.416 e. The fourth-order valence-corrected chi connectivity index (χ4v) is 1.93. The molecule has 0 bridgehead atoms. The molecule has 1 rings (SSSR count). The van der Waals surface area contributed by atoms with Gasteiger partial charge < -0.3 is 10.0 Å². The van der Waals surface area contributed by atoms with Crippen LogP contribution >= 0.6 is 0 Å². The van der Waals surface area contributed by atoms with Gasteiger partial charge in [0.15, 0.2) is 6.04 Å². The lowest BCUT2D eigenvalue weighted by molar-refractivity contribution is -0.149. The van der Waals surface area contributed by atoms with Crippen LogP contribution < -0.4 is 0 Å². The lowest BCUT2D eigenvalue weighted by atomic mass is 10.0. The lowest BCUT2D eigenvalue weighted by Crippen LogP contribution is -2.37. The van der Waals surface area contributed by atoms with Gasteiger partial charge in [0.05, 0.1) is 5.56 Å². The van der Waals surface area contributed by atoms with Crippen LogP contribution in [0, 0.1) is 0 Å². The number of carboxylic acids is 1. The molecule has 1 aromatic carbocycles. The standard InChI is InChI=1S/C13H14F3NO3/c1-3-17(8(2)18)11(12(19)20)9-5-4-6-10(7-9)13(14,15)16/h4-7,11H,3H2,1-2H3,(H,19,20). The lowest BCUT2D eigenvalue weighted by Gasteiger charge is -2.27. The average Bonchev–Trinajstić information content (AvgIpc) is 2.33. The normalized spacial score (nSPS) is 12.8. The number of amides is 1. The molecule has 0 radical (unpaired) electrons. The van der Waals surface area contributed by atoms with Gasteiger partial charge in [-0.15, -0.1) is 0 Å². The van der Waals surface area contributed by atoms with E-state index in [2.05, 4.69) is 0 Å². The van der Waals surface area contributed by atoms with Crippen molar-refractivity contribution in [2.24, 2.45) is 0 Å². The number of hydrogen-bond donors (Lipinski definition) is 1. The third-order valence-electron chi connectivity index (χ3n) is 2.82. The number of nitrogens with zero attached hydrogens (tertiary/aromatic N) is 1. The molecule has 7 heteroatoms. The molecule has 0 aromatic heterocycles. The van der Waals surface area contributed by atoms with E-state index in [-0.39, 0.29) is 12.1 Å². The van der Waals surface area contributed by atoms with Gasteiger partial charge in [-0.25, -0.2) is 4.79 Å². The molecule has 0 aliphatic rings. The number of hydrogen-bond acceptors (Lipinski definition) is 2. The third-order valence-corrected chi connectivity index (χ3v) is 2.82. The van der Waals surface area contributed by atoms with Crippen LogP contribution in [-0.2, 0) is 15.8 Å². The molecular weight excluding hydrogens is 275 g/mol. The van der Waals surface area contributed by atoms with Crippen molar-refractivity contribution in [1.29, 1.82) is 0 Å². The monoisotopic (exact) mass is 289 g/mol. The number of carbonyl (C=O) groups excluding carboxylic acids is 1. The summed E-state index contributed by atoms with van der Waals surface area (Å²) in [4.78, 5) is 23.7. The summed E-state index contributed by atoms with van der Waals surface area (Å²) in [6.45, 7) is 2.82. The predicted molar refractivity (Wildman–Crippen MR) is 64.9 cm³/mol. The van der Waals surface area contributed by atoms with Crippen LogP contribution in [0.4, 0.5) is 13.2 Å². The van der Waals surface area contributed by atoms with Gasteiger partial charge in [0.1, 0.15) is 0 Å². The van der Waals surface area contributed by atoms with Crippen LogP contribution in [0.5, 0.6) is 0 Å². The van der Waals surface area contributed by atoms with Crippen molar-refractivity contribution in [3.05, 3.63) is 35.4 Å². The number of likely N-dealkylation sites (N-methyl/N-ethyl adjacent to an activating group) is 1. The van der Waals surface area contributed by atoms with Gasteiger partial charge in [0.25, 0.3) is 0 Å². The van der Waals surface area contributed by atoms with Crippen LogP contribution in [0.3, 0.4) is 0 Å². The maximum absolute atomic E-state index is 12.6. The zero-order chi connectivity index (χ0) is 15.5. The van der Waals surface area contributed by atoms with Crippen molar-refractivity contribution in [3.63, 3.8) is 0 Å². The third kappa shape index (κ3) is 3.49. The molecule has 20 heavy (non-hydrogen) atoms. The molecule has 110 valence electrons. The quantitative estimate of drug-likeness (QED) is 0.927. The van der Waals surface area contributed by atoms with E-state index in [1.165, 1.54) is 13.0 Å². The Morgan fingerprint density at radius 2 is 1.95 bits per heavy atom. The summed E-state index contributed by atoms with van der Waals surface area (Å²) in [6, 6.07) is 2.57. The second-order valence-electron chi connectivity index (χ2n) is 4.17. The molecule has 0 spiro atoms. The number of alkyl halides is 3. The fourth-order valence-electron chi connectivity index (χ4n) is 1.93. The Bertz CT molecular complexity index is 514. The predicted octanol–water partition coefficient (Wildman–Crippen LogP) is 2.70. The largest absolute Gasteiger partial charge is 0.479 e. The molecule has 0 saturated heterocycles. The average molecular weight is 289 g/mol. The Morgan fingerprint density at radius 1 is 1.35 bits per heavy atom. The number of halogens is 3. The van der Waals surface area contributed by atoms with E-state index >= 15 is 0 Å². The summed E-state index contributed by atoms with van der Waals surface area (Å²) < 4.78 is 37.9. The second-order valence-corrected chi connectivity index (χ2v) is 4.17. The Hall–Kier alpha value is -2.05. The van der Waals surface area contributed by atoms with Crippen molar-refractivity contribution in [3.8, 4) is 0 Å². The molecule has 1 aromatic rings. The first-order valence-electron chi connectivity index (χ1n) is 5.85. The Kier molecular flexibility index (Phi) is 4.75. The fraction of sp³-hybridized carbons (Fsp3) is 0.385. The Balaban J connectivity index is 3.29. The number of carbonyl (C=O) groups is 2. The van der Waals surface area contributed by atoms with Crippen LogP contribution in [0.15, 0.2) is 24.3 Å². The smallest absolute Gasteiger partial charge is 0.416 e. The molecule has 0 heterocycles. The summed E-state index contributed by atoms with van der Waals surface area (Å²) in [6.07, 6.45) is -4.56. The summed E-state index contributed by atoms with van der Waals surface area (Å²) >= 11 is 0. The second kappa shape index (κ2) is 5.94. The van der Waals surface area contributed by atoms with E-state index in [0.29, 0.717) is 0 Å². The van der Waals surface area contributed by atoms with Crippen molar-refractivity contribution in [1.82, 2.24) is 4.90 Å². The van der Waals surface area contributed by atoms with Crippen LogP contribution in [0.2, 0.25) is 0 Å². The van der Waals surface area contributed by atoms with Crippen molar-refractivity contribution in [2.75, 3.05) is 6.54 Å². The minimum atomic E-state index is -4.56. The van der Waals surface area contributed by atoms with Crippen LogP contribution in [0.1, 0.15) is 31.0 Å². The molecule has 1 amide bonds. The number of aliphatic carboxylic acids is 1. The van der Waals surface area contributed by atoms with Crippen molar-refractivity contribution < 1.29 is 27.9 Å². The SMILES string of the molecule is CCN(C(C)=O)C(C(=O)O)c1cccc(C(F)(F)F)c1. The zero-order valence-electron chi connectivity index (χ0n) is 10.9. The van der Waals surface area contributed by atoms with Crippen LogP contribution in [0.25, 0.3) is 0 Å². The van der Waals surface area contributed by atoms with Gasteiger partial charge in [0, 0.05) is 13.5 Å². The van der Waals surface area contributed by atoms with Gasteiger partial charge in [-0.2, -0.15) is 13.2 Å². The van der Waals surface area contributed by atoms with E-state index < -0.39 is 29.7 Å². The molecule has 4 nitrogen and oxygen atoms in total. The number of carboxylic acid groups (broad SMARTS) is 1. The molecule has 1 N–H and O–H groups in total. The molecular formula is C13H14F3NO3. The van der Waals surface area contributed by atoms with Crippen LogP contribution in [-0.4, -0.2) is 28.4 Å². The van der Waals surface area contributed by atoms with Crippen molar-refractivity contribution >= 4 is 11.9 Å². The van der Waals surface area contributed by atoms with Gasteiger partial charge in [-0.3, -0.25) is 4.79 Å². The highest BCUT2D eigenvalue weighted by Crippen LogP contribution is 2.32. The van der Waals surface area contributed by atoms with Gasteiger partial charge in [-0.1, -0.05) is 12.1 Å². The van der Waals surface area contributed by atoms with E-state index in [9.17, 15) is 27.9 Å². The summed E-state index contributed by atoms with van der Waals surface area (Å²) in [5, 5.41) is 9.20. The van der Waals surface area contributed by atoms with Gasteiger partial charge in [-0.05, 0) is 24.6 Å². The summed E-state index contributed by atoms with van der Waals surface area (Å²) in [5.41, 5.74) is -1.02. The van der Waals surface area contributed by atoms with Gasteiger partial charge in [0.2, 0.25) is 5.91 Å². The van der Waals surface area contributed by atoms with E-state index in [0.717, 1.165) is 23.1 Å². The molecule has 0 fully saturated rings. The van der Waals surface area contributed by atoms with E-state index in [1.807, 2.05) is 0 Å². The van der Waals surface area contributed by atoms with E-state index in [1.54, 1.807) is 6.92 Å².